The molecule has 0 aliphatic carbocycles. The molecule has 1 aliphatic heterocycles. The highest BCUT2D eigenvalue weighted by Gasteiger charge is 2.18. The van der Waals surface area contributed by atoms with Crippen molar-refractivity contribution in [2.45, 2.75) is 26.3 Å². The van der Waals surface area contributed by atoms with E-state index in [4.69, 9.17) is 0 Å². The van der Waals surface area contributed by atoms with Crippen molar-refractivity contribution < 1.29 is 5.11 Å². The molecule has 0 atom stereocenters. The van der Waals surface area contributed by atoms with Crippen LogP contribution in [0.2, 0.25) is 0 Å². The van der Waals surface area contributed by atoms with E-state index >= 15 is 0 Å². The highest BCUT2D eigenvalue weighted by molar-refractivity contribution is 5.48. The molecular formula is C19H25N3O. The summed E-state index contributed by atoms with van der Waals surface area (Å²) in [5.74, 6) is 1.40. The first-order chi connectivity index (χ1) is 11.2. The zero-order valence-corrected chi connectivity index (χ0v) is 13.7. The van der Waals surface area contributed by atoms with Gasteiger partial charge in [0.15, 0.2) is 0 Å². The van der Waals surface area contributed by atoms with E-state index in [1.54, 1.807) is 0 Å². The first-order valence-corrected chi connectivity index (χ1v) is 8.37. The van der Waals surface area contributed by atoms with Gasteiger partial charge < -0.3 is 15.3 Å². The Labute approximate surface area is 138 Å². The molecule has 0 spiro atoms. The van der Waals surface area contributed by atoms with E-state index < -0.39 is 0 Å². The van der Waals surface area contributed by atoms with Crippen LogP contribution in [-0.2, 0) is 6.54 Å². The van der Waals surface area contributed by atoms with Gasteiger partial charge in [0, 0.05) is 37.6 Å². The lowest BCUT2D eigenvalue weighted by molar-refractivity contribution is 0.203. The van der Waals surface area contributed by atoms with Crippen LogP contribution in [0, 0.1) is 12.8 Å². The fraction of sp³-hybridized carbons (Fsp3) is 0.421. The van der Waals surface area contributed by atoms with E-state index in [0.29, 0.717) is 12.5 Å². The molecular weight excluding hydrogens is 286 g/mol. The Morgan fingerprint density at radius 2 is 1.87 bits per heavy atom. The van der Waals surface area contributed by atoms with Gasteiger partial charge in [0.1, 0.15) is 5.82 Å². The molecule has 2 N–H and O–H groups in total. The van der Waals surface area contributed by atoms with E-state index in [1.165, 1.54) is 11.3 Å². The molecule has 0 unspecified atom stereocenters. The van der Waals surface area contributed by atoms with E-state index in [-0.39, 0.29) is 0 Å². The Bertz CT molecular complexity index is 619. The first kappa shape index (κ1) is 15.8. The van der Waals surface area contributed by atoms with Crippen molar-refractivity contribution in [3.05, 3.63) is 53.7 Å². The molecule has 0 amide bonds. The number of nitrogens with zero attached hydrogens (tertiary/aromatic N) is 2. The number of nitrogens with one attached hydrogen (secondary N) is 1. The fourth-order valence-corrected chi connectivity index (χ4v) is 3.03. The molecule has 122 valence electrons. The van der Waals surface area contributed by atoms with E-state index in [1.807, 2.05) is 25.1 Å². The summed E-state index contributed by atoms with van der Waals surface area (Å²) in [4.78, 5) is 6.86. The van der Waals surface area contributed by atoms with Crippen molar-refractivity contribution >= 4 is 11.5 Å². The number of hydrogen-bond acceptors (Lipinski definition) is 4. The third-order valence-corrected chi connectivity index (χ3v) is 4.54. The second-order valence-corrected chi connectivity index (χ2v) is 6.30. The molecule has 0 radical (unpaired) electrons. The van der Waals surface area contributed by atoms with Gasteiger partial charge in [-0.1, -0.05) is 18.2 Å². The van der Waals surface area contributed by atoms with Crippen LogP contribution in [0.15, 0.2) is 42.5 Å². The Kier molecular flexibility index (Phi) is 5.13. The van der Waals surface area contributed by atoms with Crippen molar-refractivity contribution in [3.8, 4) is 0 Å². The first-order valence-electron chi connectivity index (χ1n) is 8.37. The monoisotopic (exact) mass is 311 g/mol. The zero-order chi connectivity index (χ0) is 16.1. The average molecular weight is 311 g/mol. The molecule has 23 heavy (non-hydrogen) atoms. The van der Waals surface area contributed by atoms with Gasteiger partial charge in [-0.2, -0.15) is 0 Å². The van der Waals surface area contributed by atoms with Crippen molar-refractivity contribution in [3.63, 3.8) is 0 Å². The van der Waals surface area contributed by atoms with Gasteiger partial charge in [-0.25, -0.2) is 4.98 Å². The van der Waals surface area contributed by atoms with Crippen molar-refractivity contribution in [2.24, 2.45) is 5.92 Å². The minimum atomic E-state index is 0.325. The third-order valence-electron chi connectivity index (χ3n) is 4.54. The van der Waals surface area contributed by atoms with Crippen molar-refractivity contribution in [1.82, 2.24) is 4.98 Å². The molecule has 3 rings (SSSR count). The van der Waals surface area contributed by atoms with E-state index in [9.17, 15) is 5.11 Å². The van der Waals surface area contributed by atoms with Gasteiger partial charge in [0.05, 0.1) is 0 Å². The summed E-state index contributed by atoms with van der Waals surface area (Å²) in [6, 6.07) is 14.8. The second kappa shape index (κ2) is 7.47. The number of benzene rings is 1. The Balaban J connectivity index is 1.55. The molecule has 2 heterocycles. The highest BCUT2D eigenvalue weighted by Crippen LogP contribution is 2.23. The van der Waals surface area contributed by atoms with Crippen LogP contribution >= 0.6 is 0 Å². The predicted molar refractivity (Wildman–Crippen MR) is 94.8 cm³/mol. The van der Waals surface area contributed by atoms with Crippen molar-refractivity contribution in [2.75, 3.05) is 29.9 Å². The third kappa shape index (κ3) is 4.23. The van der Waals surface area contributed by atoms with E-state index in [2.05, 4.69) is 39.5 Å². The normalized spacial score (nSPS) is 15.7. The molecule has 0 saturated carbocycles. The molecule has 4 nitrogen and oxygen atoms in total. The lowest BCUT2D eigenvalue weighted by Gasteiger charge is -2.33. The number of aryl methyl sites for hydroxylation is 1. The quantitative estimate of drug-likeness (QED) is 0.890. The molecule has 1 aromatic carbocycles. The van der Waals surface area contributed by atoms with Gasteiger partial charge in [0.25, 0.3) is 0 Å². The van der Waals surface area contributed by atoms with Gasteiger partial charge in [-0.15, -0.1) is 0 Å². The summed E-state index contributed by atoms with van der Waals surface area (Å²) in [7, 11) is 0. The smallest absolute Gasteiger partial charge is 0.126 e. The largest absolute Gasteiger partial charge is 0.396 e. The maximum absolute atomic E-state index is 9.22. The molecule has 2 aromatic rings. The van der Waals surface area contributed by atoms with E-state index in [0.717, 1.165) is 44.0 Å². The second-order valence-electron chi connectivity index (χ2n) is 6.30. The van der Waals surface area contributed by atoms with Crippen LogP contribution in [0.25, 0.3) is 0 Å². The summed E-state index contributed by atoms with van der Waals surface area (Å²) in [5.41, 5.74) is 3.55. The number of aliphatic hydroxyl groups excluding tert-OH is 1. The van der Waals surface area contributed by atoms with Gasteiger partial charge in [0.2, 0.25) is 0 Å². The van der Waals surface area contributed by atoms with Crippen LogP contribution in [0.4, 0.5) is 11.5 Å². The number of anilines is 2. The van der Waals surface area contributed by atoms with Crippen LogP contribution in [-0.4, -0.2) is 29.8 Å². The number of pyridine rings is 1. The molecule has 1 aromatic heterocycles. The highest BCUT2D eigenvalue weighted by atomic mass is 16.3. The standard InChI is InChI=1S/C19H25N3O/c1-15-3-2-4-19(21-15)20-13-16-5-7-18(8-6-16)22-11-9-17(14-23)10-12-22/h2-8,17,23H,9-14H2,1H3,(H,20,21). The van der Waals surface area contributed by atoms with Gasteiger partial charge >= 0.3 is 0 Å². The van der Waals surface area contributed by atoms with Crippen LogP contribution in [0.3, 0.4) is 0 Å². The Morgan fingerprint density at radius 3 is 2.52 bits per heavy atom. The molecule has 1 saturated heterocycles. The number of rotatable bonds is 5. The summed E-state index contributed by atoms with van der Waals surface area (Å²) in [6.07, 6.45) is 2.16. The number of aromatic nitrogens is 1. The van der Waals surface area contributed by atoms with Crippen LogP contribution in [0.1, 0.15) is 24.1 Å². The summed E-state index contributed by atoms with van der Waals surface area (Å²) >= 11 is 0. The topological polar surface area (TPSA) is 48.4 Å². The summed E-state index contributed by atoms with van der Waals surface area (Å²) in [5, 5.41) is 12.6. The fourth-order valence-electron chi connectivity index (χ4n) is 3.03. The maximum atomic E-state index is 9.22. The summed E-state index contributed by atoms with van der Waals surface area (Å²) in [6.45, 7) is 5.18. The zero-order valence-electron chi connectivity index (χ0n) is 13.7. The molecule has 1 aliphatic rings. The van der Waals surface area contributed by atoms with Gasteiger partial charge in [-0.05, 0) is 55.5 Å². The lowest BCUT2D eigenvalue weighted by atomic mass is 9.97. The van der Waals surface area contributed by atoms with Crippen LogP contribution < -0.4 is 10.2 Å². The number of hydrogen-bond donors (Lipinski definition) is 2. The molecule has 0 bridgehead atoms. The lowest BCUT2D eigenvalue weighted by Crippen LogP contribution is -2.34. The predicted octanol–water partition coefficient (Wildman–Crippen LogP) is 3.21. The Hall–Kier alpha value is -2.07. The number of piperidine rings is 1. The van der Waals surface area contributed by atoms with Crippen LogP contribution in [0.5, 0.6) is 0 Å². The SMILES string of the molecule is Cc1cccc(NCc2ccc(N3CCC(CO)CC3)cc2)n1. The maximum Gasteiger partial charge on any atom is 0.126 e. The molecule has 1 fully saturated rings. The number of aliphatic hydroxyl groups is 1. The minimum absolute atomic E-state index is 0.325. The van der Waals surface area contributed by atoms with Gasteiger partial charge in [-0.3, -0.25) is 0 Å². The van der Waals surface area contributed by atoms with Crippen molar-refractivity contribution in [1.29, 1.82) is 0 Å². The summed E-state index contributed by atoms with van der Waals surface area (Å²) < 4.78 is 0. The average Bonchev–Trinajstić information content (AvgIpc) is 2.61. The minimum Gasteiger partial charge on any atom is -0.396 e. The molecule has 4 heteroatoms. The Morgan fingerprint density at radius 1 is 1.13 bits per heavy atom.